The molecule has 3 nitrogen and oxygen atoms in total. The molecule has 2 rings (SSSR count). The molecule has 1 aromatic heterocycles. The predicted octanol–water partition coefficient (Wildman–Crippen LogP) is 2.17. The number of hydrogen-bond acceptors (Lipinski definition) is 3. The molecule has 0 saturated heterocycles. The summed E-state index contributed by atoms with van der Waals surface area (Å²) in [6, 6.07) is 1.98. The molecule has 0 amide bonds. The highest BCUT2D eigenvalue weighted by atomic mass is 35.5. The van der Waals surface area contributed by atoms with Crippen LogP contribution in [0.25, 0.3) is 0 Å². The molecule has 1 heterocycles. The van der Waals surface area contributed by atoms with Crippen LogP contribution in [0.15, 0.2) is 10.6 Å². The second-order valence-electron chi connectivity index (χ2n) is 4.11. The lowest BCUT2D eigenvalue weighted by molar-refractivity contribution is 0.318. The number of hydrogen-bond donors (Lipinski definition) is 1. The van der Waals surface area contributed by atoms with Crippen molar-refractivity contribution in [3.8, 4) is 0 Å². The fraction of sp³-hybridized carbons (Fsp3) is 0.667. The highest BCUT2D eigenvalue weighted by Crippen LogP contribution is 2.40. The van der Waals surface area contributed by atoms with Crippen LogP contribution in [0.4, 0.5) is 0 Å². The van der Waals surface area contributed by atoms with Gasteiger partial charge in [0.1, 0.15) is 0 Å². The molecule has 0 radical (unpaired) electrons. The van der Waals surface area contributed by atoms with Crippen LogP contribution in [0.5, 0.6) is 0 Å². The predicted molar refractivity (Wildman–Crippen MR) is 52.9 cm³/mol. The minimum Gasteiger partial charge on any atom is -0.359 e. The summed E-state index contributed by atoms with van der Waals surface area (Å²) >= 11 is 0. The van der Waals surface area contributed by atoms with Gasteiger partial charge in [-0.1, -0.05) is 5.16 Å². The Morgan fingerprint density at radius 1 is 1.54 bits per heavy atom. The highest BCUT2D eigenvalue weighted by Gasteiger charge is 2.29. The molecule has 0 bridgehead atoms. The lowest BCUT2D eigenvalue weighted by atomic mass is 10.0. The van der Waals surface area contributed by atoms with Crippen LogP contribution in [0.2, 0.25) is 0 Å². The summed E-state index contributed by atoms with van der Waals surface area (Å²) in [7, 11) is 0. The van der Waals surface area contributed by atoms with E-state index in [0.29, 0.717) is 5.92 Å². The molecule has 0 atom stereocenters. The minimum absolute atomic E-state index is 0. The molecule has 1 aromatic rings. The van der Waals surface area contributed by atoms with Crippen molar-refractivity contribution < 1.29 is 4.52 Å². The van der Waals surface area contributed by atoms with Crippen molar-refractivity contribution >= 4 is 12.4 Å². The van der Waals surface area contributed by atoms with Crippen LogP contribution in [0.1, 0.15) is 44.1 Å². The topological polar surface area (TPSA) is 52.0 Å². The van der Waals surface area contributed by atoms with E-state index in [-0.39, 0.29) is 12.4 Å². The molecule has 13 heavy (non-hydrogen) atoms. The van der Waals surface area contributed by atoms with Crippen molar-refractivity contribution in [2.24, 2.45) is 5.73 Å². The standard InChI is InChI=1S/C9H14N2O.ClH/c1-9(2,10)8-5-7(11-12-8)6-3-4-6;/h5-6H,3-4,10H2,1-2H3;1H. The van der Waals surface area contributed by atoms with E-state index in [1.165, 1.54) is 12.8 Å². The Balaban J connectivity index is 0.000000845. The van der Waals surface area contributed by atoms with Gasteiger partial charge in [0.25, 0.3) is 0 Å². The summed E-state index contributed by atoms with van der Waals surface area (Å²) in [5.74, 6) is 1.43. The fourth-order valence-corrected chi connectivity index (χ4v) is 1.16. The third kappa shape index (κ3) is 2.23. The molecular formula is C9H15ClN2O. The monoisotopic (exact) mass is 202 g/mol. The summed E-state index contributed by atoms with van der Waals surface area (Å²) < 4.78 is 5.16. The molecule has 0 spiro atoms. The van der Waals surface area contributed by atoms with E-state index in [2.05, 4.69) is 5.16 Å². The van der Waals surface area contributed by atoms with E-state index < -0.39 is 5.54 Å². The maximum absolute atomic E-state index is 5.86. The van der Waals surface area contributed by atoms with Crippen LogP contribution >= 0.6 is 12.4 Å². The quantitative estimate of drug-likeness (QED) is 0.800. The Morgan fingerprint density at radius 3 is 2.54 bits per heavy atom. The first-order chi connectivity index (χ1) is 5.57. The maximum atomic E-state index is 5.86. The zero-order chi connectivity index (χ0) is 8.77. The van der Waals surface area contributed by atoms with Gasteiger partial charge in [0.2, 0.25) is 0 Å². The second-order valence-corrected chi connectivity index (χ2v) is 4.11. The molecule has 0 aromatic carbocycles. The molecule has 1 aliphatic rings. The lowest BCUT2D eigenvalue weighted by Crippen LogP contribution is -2.27. The summed E-state index contributed by atoms with van der Waals surface area (Å²) in [6.45, 7) is 3.84. The van der Waals surface area contributed by atoms with Crippen LogP contribution in [0.3, 0.4) is 0 Å². The van der Waals surface area contributed by atoms with E-state index in [1.807, 2.05) is 19.9 Å². The average Bonchev–Trinajstić information content (AvgIpc) is 2.66. The summed E-state index contributed by atoms with van der Waals surface area (Å²) in [4.78, 5) is 0. The van der Waals surface area contributed by atoms with E-state index in [4.69, 9.17) is 10.3 Å². The van der Waals surface area contributed by atoms with E-state index in [0.717, 1.165) is 11.5 Å². The summed E-state index contributed by atoms with van der Waals surface area (Å²) in [6.07, 6.45) is 2.49. The fourth-order valence-electron chi connectivity index (χ4n) is 1.16. The first kappa shape index (κ1) is 10.5. The van der Waals surface area contributed by atoms with Crippen LogP contribution < -0.4 is 5.73 Å². The lowest BCUT2D eigenvalue weighted by Gasteiger charge is -2.12. The third-order valence-electron chi connectivity index (χ3n) is 2.16. The smallest absolute Gasteiger partial charge is 0.156 e. The Bertz CT molecular complexity index is 286. The Labute approximate surface area is 84.1 Å². The third-order valence-corrected chi connectivity index (χ3v) is 2.16. The van der Waals surface area contributed by atoms with Gasteiger partial charge in [-0.15, -0.1) is 12.4 Å². The molecule has 1 saturated carbocycles. The van der Waals surface area contributed by atoms with Gasteiger partial charge in [0.15, 0.2) is 5.76 Å². The van der Waals surface area contributed by atoms with Crippen LogP contribution in [-0.4, -0.2) is 5.16 Å². The molecule has 0 unspecified atom stereocenters. The van der Waals surface area contributed by atoms with Crippen LogP contribution in [-0.2, 0) is 5.54 Å². The van der Waals surface area contributed by atoms with Gasteiger partial charge in [-0.2, -0.15) is 0 Å². The first-order valence-electron chi connectivity index (χ1n) is 4.33. The Hall–Kier alpha value is -0.540. The molecule has 1 fully saturated rings. The van der Waals surface area contributed by atoms with Gasteiger partial charge in [0, 0.05) is 12.0 Å². The van der Waals surface area contributed by atoms with Gasteiger partial charge in [-0.05, 0) is 26.7 Å². The van der Waals surface area contributed by atoms with Crippen molar-refractivity contribution in [1.29, 1.82) is 0 Å². The Kier molecular flexibility index (Phi) is 2.68. The van der Waals surface area contributed by atoms with Crippen LogP contribution in [0, 0.1) is 0 Å². The van der Waals surface area contributed by atoms with Gasteiger partial charge in [-0.25, -0.2) is 0 Å². The summed E-state index contributed by atoms with van der Waals surface area (Å²) in [5.41, 5.74) is 6.53. The molecular weight excluding hydrogens is 188 g/mol. The molecule has 2 N–H and O–H groups in total. The molecule has 0 aliphatic heterocycles. The highest BCUT2D eigenvalue weighted by molar-refractivity contribution is 5.85. The number of halogens is 1. The van der Waals surface area contributed by atoms with Gasteiger partial charge in [0.05, 0.1) is 11.2 Å². The van der Waals surface area contributed by atoms with Crippen molar-refractivity contribution in [2.75, 3.05) is 0 Å². The molecule has 4 heteroatoms. The van der Waals surface area contributed by atoms with Gasteiger partial charge in [-0.3, -0.25) is 0 Å². The normalized spacial score (nSPS) is 16.8. The SMILES string of the molecule is CC(C)(N)c1cc(C2CC2)no1.Cl. The van der Waals surface area contributed by atoms with Crippen molar-refractivity contribution in [3.05, 3.63) is 17.5 Å². The van der Waals surface area contributed by atoms with E-state index in [9.17, 15) is 0 Å². The largest absolute Gasteiger partial charge is 0.359 e. The zero-order valence-corrected chi connectivity index (χ0v) is 8.73. The Morgan fingerprint density at radius 2 is 2.15 bits per heavy atom. The zero-order valence-electron chi connectivity index (χ0n) is 7.91. The molecule has 74 valence electrons. The summed E-state index contributed by atoms with van der Waals surface area (Å²) in [5, 5.41) is 3.99. The number of nitrogens with zero attached hydrogens (tertiary/aromatic N) is 1. The van der Waals surface area contributed by atoms with E-state index >= 15 is 0 Å². The second kappa shape index (κ2) is 3.31. The van der Waals surface area contributed by atoms with Gasteiger partial charge >= 0.3 is 0 Å². The first-order valence-corrected chi connectivity index (χ1v) is 4.33. The number of nitrogens with two attached hydrogens (primary N) is 1. The van der Waals surface area contributed by atoms with Crippen molar-refractivity contribution in [2.45, 2.75) is 38.1 Å². The maximum Gasteiger partial charge on any atom is 0.156 e. The van der Waals surface area contributed by atoms with Crippen molar-refractivity contribution in [1.82, 2.24) is 5.16 Å². The van der Waals surface area contributed by atoms with Crippen molar-refractivity contribution in [3.63, 3.8) is 0 Å². The molecule has 1 aliphatic carbocycles. The van der Waals surface area contributed by atoms with Gasteiger partial charge < -0.3 is 10.3 Å². The number of aromatic nitrogens is 1. The minimum atomic E-state index is -0.403. The average molecular weight is 203 g/mol. The number of rotatable bonds is 2. The van der Waals surface area contributed by atoms with E-state index in [1.54, 1.807) is 0 Å².